The molecule has 2 N–H and O–H groups in total. The first-order chi connectivity index (χ1) is 10.6. The van der Waals surface area contributed by atoms with Crippen LogP contribution in [0.25, 0.3) is 0 Å². The molecule has 1 aromatic carbocycles. The molecule has 22 heavy (non-hydrogen) atoms. The zero-order chi connectivity index (χ0) is 15.7. The predicted octanol–water partition coefficient (Wildman–Crippen LogP) is 0.789. The van der Waals surface area contributed by atoms with Crippen molar-refractivity contribution < 1.29 is 14.0 Å². The van der Waals surface area contributed by atoms with Crippen molar-refractivity contribution in [2.75, 3.05) is 38.1 Å². The van der Waals surface area contributed by atoms with Crippen LogP contribution in [0.2, 0.25) is 0 Å². The Kier molecular flexibility index (Phi) is 3.98. The van der Waals surface area contributed by atoms with Gasteiger partial charge in [-0.05, 0) is 31.2 Å². The summed E-state index contributed by atoms with van der Waals surface area (Å²) in [6.07, 6.45) is 0.859. The van der Waals surface area contributed by atoms with Crippen molar-refractivity contribution in [3.05, 3.63) is 29.6 Å². The monoisotopic (exact) mass is 306 g/mol. The molecule has 0 saturated carbocycles. The lowest BCUT2D eigenvalue weighted by Crippen LogP contribution is -2.39. The third kappa shape index (κ3) is 2.64. The molecule has 7 heteroatoms. The lowest BCUT2D eigenvalue weighted by atomic mass is 10.1. The highest BCUT2D eigenvalue weighted by Gasteiger charge is 2.27. The van der Waals surface area contributed by atoms with Gasteiger partial charge in [0.25, 0.3) is 5.91 Å². The lowest BCUT2D eigenvalue weighted by molar-refractivity contribution is 0.0739. The van der Waals surface area contributed by atoms with Gasteiger partial charge in [-0.2, -0.15) is 0 Å². The van der Waals surface area contributed by atoms with E-state index in [-0.39, 0.29) is 23.5 Å². The Morgan fingerprint density at radius 2 is 2.23 bits per heavy atom. The van der Waals surface area contributed by atoms with Gasteiger partial charge < -0.3 is 15.5 Å². The van der Waals surface area contributed by atoms with Crippen LogP contribution in [0.1, 0.15) is 16.8 Å². The van der Waals surface area contributed by atoms with Gasteiger partial charge in [-0.25, -0.2) is 9.18 Å². The Balaban J connectivity index is 1.85. The number of anilines is 1. The number of benzene rings is 1. The summed E-state index contributed by atoms with van der Waals surface area (Å²) in [5.41, 5.74) is 0.546. The highest BCUT2D eigenvalue weighted by atomic mass is 19.1. The molecule has 2 fully saturated rings. The van der Waals surface area contributed by atoms with Crippen LogP contribution in [-0.2, 0) is 0 Å². The van der Waals surface area contributed by atoms with E-state index >= 15 is 0 Å². The fraction of sp³-hybridized carbons (Fsp3) is 0.467. The second kappa shape index (κ2) is 5.92. The van der Waals surface area contributed by atoms with Crippen molar-refractivity contribution in [3.8, 4) is 0 Å². The molecule has 0 bridgehead atoms. The van der Waals surface area contributed by atoms with Gasteiger partial charge in [0.2, 0.25) is 0 Å². The van der Waals surface area contributed by atoms with E-state index in [0.717, 1.165) is 19.5 Å². The number of hydrogen-bond donors (Lipinski definition) is 2. The number of nitrogens with one attached hydrogen (secondary N) is 2. The van der Waals surface area contributed by atoms with E-state index < -0.39 is 5.82 Å². The molecule has 118 valence electrons. The average Bonchev–Trinajstić information content (AvgIpc) is 3.18. The first-order valence-corrected chi connectivity index (χ1v) is 7.40. The average molecular weight is 306 g/mol. The molecular weight excluding hydrogens is 287 g/mol. The van der Waals surface area contributed by atoms with Gasteiger partial charge in [-0.15, -0.1) is 0 Å². The van der Waals surface area contributed by atoms with E-state index in [1.807, 2.05) is 0 Å². The van der Waals surface area contributed by atoms with Gasteiger partial charge in [0.1, 0.15) is 5.82 Å². The van der Waals surface area contributed by atoms with Crippen LogP contribution >= 0.6 is 0 Å². The number of urea groups is 1. The minimum Gasteiger partial charge on any atom is -0.337 e. The molecular formula is C15H19FN4O2. The largest absolute Gasteiger partial charge is 0.337 e. The van der Waals surface area contributed by atoms with E-state index in [1.54, 1.807) is 11.9 Å². The Labute approximate surface area is 128 Å². The summed E-state index contributed by atoms with van der Waals surface area (Å²) in [6, 6.07) is 4.08. The van der Waals surface area contributed by atoms with Crippen LogP contribution in [0.4, 0.5) is 14.9 Å². The maximum atomic E-state index is 14.1. The summed E-state index contributed by atoms with van der Waals surface area (Å²) in [7, 11) is 1.69. The zero-order valence-electron chi connectivity index (χ0n) is 12.4. The summed E-state index contributed by atoms with van der Waals surface area (Å²) < 4.78 is 14.1. The summed E-state index contributed by atoms with van der Waals surface area (Å²) in [5, 5.41) is 5.88. The smallest absolute Gasteiger partial charge is 0.321 e. The van der Waals surface area contributed by atoms with Crippen LogP contribution < -0.4 is 15.5 Å². The Bertz CT molecular complexity index is 601. The molecule has 6 nitrogen and oxygen atoms in total. The minimum absolute atomic E-state index is 0.00611. The summed E-state index contributed by atoms with van der Waals surface area (Å²) in [4.78, 5) is 27.3. The fourth-order valence-electron chi connectivity index (χ4n) is 2.89. The fourth-order valence-corrected chi connectivity index (χ4v) is 2.89. The molecule has 3 rings (SSSR count). The van der Waals surface area contributed by atoms with Crippen LogP contribution in [0, 0.1) is 5.82 Å². The third-order valence-corrected chi connectivity index (χ3v) is 4.25. The first kappa shape index (κ1) is 14.8. The minimum atomic E-state index is -0.564. The van der Waals surface area contributed by atoms with Crippen molar-refractivity contribution in [2.24, 2.45) is 0 Å². The number of likely N-dealkylation sites (N-methyl/N-ethyl adjacent to an activating group) is 1. The topological polar surface area (TPSA) is 64.7 Å². The zero-order valence-corrected chi connectivity index (χ0v) is 12.4. The van der Waals surface area contributed by atoms with Crippen LogP contribution in [0.3, 0.4) is 0 Å². The number of halogens is 1. The van der Waals surface area contributed by atoms with Gasteiger partial charge in [-0.1, -0.05) is 0 Å². The summed E-state index contributed by atoms with van der Waals surface area (Å²) in [5.74, 6) is -0.918. The number of rotatable bonds is 3. The number of hydrogen-bond acceptors (Lipinski definition) is 3. The molecule has 2 saturated heterocycles. The highest BCUT2D eigenvalue weighted by Crippen LogP contribution is 2.22. The van der Waals surface area contributed by atoms with Gasteiger partial charge >= 0.3 is 6.03 Å². The standard InChI is InChI=1S/C15H19FN4O2/c1-19(11-4-5-17-9-11)14(21)12-8-10(2-3-13(12)16)20-7-6-18-15(20)22/h2-3,8,11,17H,4-7,9H2,1H3,(H,18,22). The van der Waals surface area contributed by atoms with Crippen LogP contribution in [0.5, 0.6) is 0 Å². The van der Waals surface area contributed by atoms with Gasteiger partial charge in [0, 0.05) is 38.4 Å². The van der Waals surface area contributed by atoms with Crippen molar-refractivity contribution in [1.82, 2.24) is 15.5 Å². The molecule has 2 aliphatic heterocycles. The third-order valence-electron chi connectivity index (χ3n) is 4.25. The second-order valence-electron chi connectivity index (χ2n) is 5.61. The van der Waals surface area contributed by atoms with Crippen LogP contribution in [0.15, 0.2) is 18.2 Å². The first-order valence-electron chi connectivity index (χ1n) is 7.40. The Morgan fingerprint density at radius 3 is 2.86 bits per heavy atom. The molecule has 1 unspecified atom stereocenters. The van der Waals surface area contributed by atoms with E-state index in [4.69, 9.17) is 0 Å². The molecule has 0 spiro atoms. The van der Waals surface area contributed by atoms with Gasteiger partial charge in [0.05, 0.1) is 5.56 Å². The van der Waals surface area contributed by atoms with Crippen molar-refractivity contribution in [2.45, 2.75) is 12.5 Å². The van der Waals surface area contributed by atoms with Crippen molar-refractivity contribution >= 4 is 17.6 Å². The van der Waals surface area contributed by atoms with E-state index in [1.165, 1.54) is 23.1 Å². The number of carbonyl (C=O) groups is 2. The van der Waals surface area contributed by atoms with Gasteiger partial charge in [0.15, 0.2) is 0 Å². The Hall–Kier alpha value is -2.15. The molecule has 1 aromatic rings. The quantitative estimate of drug-likeness (QED) is 0.868. The van der Waals surface area contributed by atoms with E-state index in [0.29, 0.717) is 18.8 Å². The highest BCUT2D eigenvalue weighted by molar-refractivity contribution is 5.98. The number of amides is 3. The van der Waals surface area contributed by atoms with E-state index in [2.05, 4.69) is 10.6 Å². The molecule has 0 radical (unpaired) electrons. The number of carbonyl (C=O) groups excluding carboxylic acids is 2. The molecule has 2 aliphatic rings. The summed E-state index contributed by atoms with van der Waals surface area (Å²) in [6.45, 7) is 2.64. The van der Waals surface area contributed by atoms with Crippen molar-refractivity contribution in [3.63, 3.8) is 0 Å². The molecule has 1 atom stereocenters. The normalized spacial score (nSPS) is 21.1. The molecule has 0 aromatic heterocycles. The molecule has 3 amide bonds. The predicted molar refractivity (Wildman–Crippen MR) is 80.5 cm³/mol. The van der Waals surface area contributed by atoms with Crippen LogP contribution in [-0.4, -0.2) is 56.1 Å². The Morgan fingerprint density at radius 1 is 1.41 bits per heavy atom. The van der Waals surface area contributed by atoms with E-state index in [9.17, 15) is 14.0 Å². The van der Waals surface area contributed by atoms with Crippen molar-refractivity contribution in [1.29, 1.82) is 0 Å². The summed E-state index contributed by atoms with van der Waals surface area (Å²) >= 11 is 0. The van der Waals surface area contributed by atoms with Gasteiger partial charge in [-0.3, -0.25) is 9.69 Å². The number of nitrogens with zero attached hydrogens (tertiary/aromatic N) is 2. The lowest BCUT2D eigenvalue weighted by Gasteiger charge is -2.24. The maximum Gasteiger partial charge on any atom is 0.321 e. The molecule has 0 aliphatic carbocycles. The SMILES string of the molecule is CN(C(=O)c1cc(N2CCNC2=O)ccc1F)C1CCNC1. The second-order valence-corrected chi connectivity index (χ2v) is 5.61. The molecule has 2 heterocycles. The maximum absolute atomic E-state index is 14.1.